The van der Waals surface area contributed by atoms with E-state index < -0.39 is 0 Å². The largest absolute Gasteiger partial charge is 0.278 e. The van der Waals surface area contributed by atoms with Crippen molar-refractivity contribution in [1.82, 2.24) is 0 Å². The Morgan fingerprint density at radius 3 is 2.42 bits per heavy atom. The number of hydrazone groups is 1. The predicted octanol–water partition coefficient (Wildman–Crippen LogP) is 5.16. The molecule has 0 unspecified atom stereocenters. The predicted molar refractivity (Wildman–Crippen MR) is 85.9 cm³/mol. The molecule has 0 aliphatic rings. The van der Waals surface area contributed by atoms with Gasteiger partial charge >= 0.3 is 0 Å². The van der Waals surface area contributed by atoms with Crippen molar-refractivity contribution >= 4 is 46.9 Å². The number of hydrogen-bond donors (Lipinski definition) is 1. The van der Waals surface area contributed by atoms with E-state index >= 15 is 0 Å². The topological polar surface area (TPSA) is 24.4 Å². The first-order chi connectivity index (χ1) is 9.19. The van der Waals surface area contributed by atoms with Crippen molar-refractivity contribution in [3.05, 3.63) is 58.1 Å². The highest BCUT2D eigenvalue weighted by molar-refractivity contribution is 7.98. The Hall–Kier alpha value is -1.16. The molecule has 5 heteroatoms. The maximum atomic E-state index is 5.92. The van der Waals surface area contributed by atoms with Gasteiger partial charge in [-0.3, -0.25) is 5.43 Å². The van der Waals surface area contributed by atoms with Gasteiger partial charge in [0.25, 0.3) is 0 Å². The second-order valence-electron chi connectivity index (χ2n) is 3.77. The van der Waals surface area contributed by atoms with Crippen molar-refractivity contribution in [2.24, 2.45) is 5.10 Å². The second kappa shape index (κ2) is 6.85. The van der Waals surface area contributed by atoms with Gasteiger partial charge in [-0.15, -0.1) is 11.8 Å². The van der Waals surface area contributed by atoms with E-state index in [1.807, 2.05) is 18.2 Å². The maximum absolute atomic E-state index is 5.92. The molecule has 2 nitrogen and oxygen atoms in total. The van der Waals surface area contributed by atoms with E-state index in [-0.39, 0.29) is 0 Å². The number of rotatable bonds is 4. The highest BCUT2D eigenvalue weighted by atomic mass is 35.5. The van der Waals surface area contributed by atoms with Crippen LogP contribution in [0.25, 0.3) is 0 Å². The number of nitrogens with zero attached hydrogens (tertiary/aromatic N) is 1. The fourth-order valence-electron chi connectivity index (χ4n) is 1.44. The molecular formula is C14H12Cl2N2S. The molecule has 0 heterocycles. The van der Waals surface area contributed by atoms with Gasteiger partial charge in [0.05, 0.1) is 21.9 Å². The zero-order valence-corrected chi connectivity index (χ0v) is 12.6. The minimum atomic E-state index is 0.506. The van der Waals surface area contributed by atoms with E-state index in [1.54, 1.807) is 30.1 Å². The molecule has 0 spiro atoms. The number of benzene rings is 2. The third-order valence-electron chi connectivity index (χ3n) is 2.44. The molecule has 0 aromatic heterocycles. The van der Waals surface area contributed by atoms with Gasteiger partial charge in [0.2, 0.25) is 0 Å². The van der Waals surface area contributed by atoms with E-state index in [0.717, 1.165) is 11.3 Å². The van der Waals surface area contributed by atoms with E-state index in [0.29, 0.717) is 10.0 Å². The van der Waals surface area contributed by atoms with Crippen LogP contribution < -0.4 is 5.43 Å². The van der Waals surface area contributed by atoms with E-state index in [9.17, 15) is 0 Å². The summed E-state index contributed by atoms with van der Waals surface area (Å²) < 4.78 is 0. The van der Waals surface area contributed by atoms with Crippen LogP contribution in [0.2, 0.25) is 10.0 Å². The van der Waals surface area contributed by atoms with Crippen LogP contribution in [0.3, 0.4) is 0 Å². The maximum Gasteiger partial charge on any atom is 0.0613 e. The molecule has 0 radical (unpaired) electrons. The molecular weight excluding hydrogens is 299 g/mol. The summed E-state index contributed by atoms with van der Waals surface area (Å²) in [6.07, 6.45) is 3.81. The molecule has 98 valence electrons. The number of hydrogen-bond acceptors (Lipinski definition) is 3. The van der Waals surface area contributed by atoms with Crippen LogP contribution in [0.4, 0.5) is 5.69 Å². The highest BCUT2D eigenvalue weighted by Gasteiger charge is 1.97. The third kappa shape index (κ3) is 4.16. The lowest BCUT2D eigenvalue weighted by Crippen LogP contribution is -1.90. The first kappa shape index (κ1) is 14.3. The Kier molecular flexibility index (Phi) is 5.14. The fourth-order valence-corrected chi connectivity index (χ4v) is 2.14. The number of thioether (sulfide) groups is 1. The van der Waals surface area contributed by atoms with Crippen molar-refractivity contribution < 1.29 is 0 Å². The molecule has 19 heavy (non-hydrogen) atoms. The Bertz CT molecular complexity index is 582. The summed E-state index contributed by atoms with van der Waals surface area (Å²) in [5.41, 5.74) is 4.74. The summed E-state index contributed by atoms with van der Waals surface area (Å²) in [5.74, 6) is 0. The van der Waals surface area contributed by atoms with E-state index in [1.165, 1.54) is 4.90 Å². The first-order valence-corrected chi connectivity index (χ1v) is 7.55. The smallest absolute Gasteiger partial charge is 0.0613 e. The highest BCUT2D eigenvalue weighted by Crippen LogP contribution is 2.24. The molecule has 2 aromatic carbocycles. The molecule has 0 saturated heterocycles. The van der Waals surface area contributed by atoms with Crippen molar-refractivity contribution in [3.63, 3.8) is 0 Å². The molecule has 2 rings (SSSR count). The van der Waals surface area contributed by atoms with Crippen molar-refractivity contribution in [2.45, 2.75) is 4.90 Å². The monoisotopic (exact) mass is 310 g/mol. The summed E-state index contributed by atoms with van der Waals surface area (Å²) in [7, 11) is 0. The Labute approximate surface area is 126 Å². The standard InChI is InChI=1S/C14H12Cl2N2S/c1-19-12-5-2-10(3-6-12)9-17-18-11-4-7-13(15)14(16)8-11/h2-9,18H,1H3. The molecule has 0 saturated carbocycles. The van der Waals surface area contributed by atoms with Crippen LogP contribution in [0.1, 0.15) is 5.56 Å². The molecule has 2 aromatic rings. The summed E-state index contributed by atoms with van der Waals surface area (Å²) >= 11 is 13.5. The lowest BCUT2D eigenvalue weighted by atomic mass is 10.2. The average Bonchev–Trinajstić information content (AvgIpc) is 2.43. The molecule has 0 bridgehead atoms. The minimum absolute atomic E-state index is 0.506. The molecule has 0 atom stereocenters. The molecule has 0 aliphatic carbocycles. The van der Waals surface area contributed by atoms with Gasteiger partial charge in [-0.1, -0.05) is 35.3 Å². The van der Waals surface area contributed by atoms with Crippen LogP contribution in [0.15, 0.2) is 52.5 Å². The van der Waals surface area contributed by atoms with Gasteiger partial charge in [0, 0.05) is 4.90 Å². The van der Waals surface area contributed by atoms with Crippen molar-refractivity contribution in [2.75, 3.05) is 11.7 Å². The number of nitrogens with one attached hydrogen (secondary N) is 1. The quantitative estimate of drug-likeness (QED) is 0.479. The zero-order valence-electron chi connectivity index (χ0n) is 10.2. The van der Waals surface area contributed by atoms with Gasteiger partial charge in [-0.2, -0.15) is 5.10 Å². The summed E-state index contributed by atoms with van der Waals surface area (Å²) in [6, 6.07) is 13.4. The number of anilines is 1. The fraction of sp³-hybridized carbons (Fsp3) is 0.0714. The lowest BCUT2D eigenvalue weighted by Gasteiger charge is -2.02. The van der Waals surface area contributed by atoms with E-state index in [2.05, 4.69) is 28.9 Å². The van der Waals surface area contributed by atoms with Crippen LogP contribution in [0, 0.1) is 0 Å². The van der Waals surface area contributed by atoms with Gasteiger partial charge in [-0.05, 0) is 42.2 Å². The van der Waals surface area contributed by atoms with Crippen LogP contribution in [-0.4, -0.2) is 12.5 Å². The summed E-state index contributed by atoms with van der Waals surface area (Å²) in [5, 5.41) is 5.19. The average molecular weight is 311 g/mol. The van der Waals surface area contributed by atoms with Crippen LogP contribution >= 0.6 is 35.0 Å². The normalized spacial score (nSPS) is 10.9. The first-order valence-electron chi connectivity index (χ1n) is 5.57. The van der Waals surface area contributed by atoms with Crippen molar-refractivity contribution in [3.8, 4) is 0 Å². The molecule has 0 aliphatic heterocycles. The number of halogens is 2. The Morgan fingerprint density at radius 2 is 1.79 bits per heavy atom. The second-order valence-corrected chi connectivity index (χ2v) is 5.47. The molecule has 0 fully saturated rings. The van der Waals surface area contributed by atoms with Crippen molar-refractivity contribution in [1.29, 1.82) is 0 Å². The van der Waals surface area contributed by atoms with E-state index in [4.69, 9.17) is 23.2 Å². The zero-order chi connectivity index (χ0) is 13.7. The van der Waals surface area contributed by atoms with Crippen LogP contribution in [-0.2, 0) is 0 Å². The minimum Gasteiger partial charge on any atom is -0.278 e. The lowest BCUT2D eigenvalue weighted by molar-refractivity contribution is 1.35. The third-order valence-corrected chi connectivity index (χ3v) is 3.93. The Balaban J connectivity index is 2.00. The van der Waals surface area contributed by atoms with Gasteiger partial charge < -0.3 is 0 Å². The Morgan fingerprint density at radius 1 is 1.05 bits per heavy atom. The van der Waals surface area contributed by atoms with Gasteiger partial charge in [0.15, 0.2) is 0 Å². The summed E-state index contributed by atoms with van der Waals surface area (Å²) in [4.78, 5) is 1.23. The molecule has 0 amide bonds. The van der Waals surface area contributed by atoms with Gasteiger partial charge in [0.1, 0.15) is 0 Å². The van der Waals surface area contributed by atoms with Gasteiger partial charge in [-0.25, -0.2) is 0 Å². The molecule has 1 N–H and O–H groups in total. The van der Waals surface area contributed by atoms with Crippen LogP contribution in [0.5, 0.6) is 0 Å². The SMILES string of the molecule is CSc1ccc(C=NNc2ccc(Cl)c(Cl)c2)cc1. The summed E-state index contributed by atoms with van der Waals surface area (Å²) in [6.45, 7) is 0.